The second kappa shape index (κ2) is 4.99. The maximum absolute atomic E-state index is 11.1. The number of aromatic hydroxyl groups is 2. The van der Waals surface area contributed by atoms with Gasteiger partial charge in [-0.15, -0.1) is 0 Å². The Labute approximate surface area is 111 Å². The first-order chi connectivity index (χ1) is 9.11. The molecule has 0 radical (unpaired) electrons. The maximum atomic E-state index is 11.1. The first-order valence-corrected chi connectivity index (χ1v) is 5.31. The zero-order valence-corrected chi connectivity index (χ0v) is 10.5. The molecule has 0 aliphatic heterocycles. The molecule has 1 aromatic carbocycles. The summed E-state index contributed by atoms with van der Waals surface area (Å²) in [5.74, 6) is -4.54. The number of benzene rings is 1. The number of nitrogens with two attached hydrogens (primary N) is 1. The number of carbonyl (C=O) groups excluding carboxylic acids is 1. The van der Waals surface area contributed by atoms with Crippen LogP contribution in [0.3, 0.4) is 0 Å². The molecule has 0 atom stereocenters. The number of phenols is 2. The molecule has 1 rings (SSSR count). The fourth-order valence-corrected chi connectivity index (χ4v) is 1.87. The second-order valence-corrected chi connectivity index (χ2v) is 4.22. The standard InChI is InChI=1S/C10H11N3O7/c1-3(2)4-6(12(17)18)8(14)5(10(11)16)9(15)7(4)13(19)20/h3,14-15H,1-2H3,(H2,11,16). The minimum Gasteiger partial charge on any atom is -0.501 e. The monoisotopic (exact) mass is 285 g/mol. The summed E-state index contributed by atoms with van der Waals surface area (Å²) in [4.78, 5) is 31.0. The average Bonchev–Trinajstić information content (AvgIpc) is 2.25. The molecule has 10 heteroatoms. The first kappa shape index (κ1) is 15.1. The fourth-order valence-electron chi connectivity index (χ4n) is 1.87. The van der Waals surface area contributed by atoms with Gasteiger partial charge in [0.1, 0.15) is 11.1 Å². The Bertz CT molecular complexity index is 583. The molecule has 0 fully saturated rings. The molecule has 0 bridgehead atoms. The van der Waals surface area contributed by atoms with Gasteiger partial charge in [-0.3, -0.25) is 25.0 Å². The van der Waals surface area contributed by atoms with E-state index in [0.717, 1.165) is 0 Å². The lowest BCUT2D eigenvalue weighted by molar-refractivity contribution is -0.397. The number of hydrogen-bond donors (Lipinski definition) is 3. The smallest absolute Gasteiger partial charge is 0.322 e. The van der Waals surface area contributed by atoms with Crippen LogP contribution in [0.2, 0.25) is 0 Å². The van der Waals surface area contributed by atoms with Gasteiger partial charge in [0.05, 0.1) is 9.85 Å². The van der Waals surface area contributed by atoms with E-state index in [0.29, 0.717) is 0 Å². The molecule has 0 aromatic heterocycles. The third-order valence-electron chi connectivity index (χ3n) is 2.62. The van der Waals surface area contributed by atoms with Gasteiger partial charge >= 0.3 is 11.4 Å². The van der Waals surface area contributed by atoms with Crippen molar-refractivity contribution in [2.45, 2.75) is 19.8 Å². The molecule has 0 unspecified atom stereocenters. The van der Waals surface area contributed by atoms with Crippen LogP contribution in [0.4, 0.5) is 11.4 Å². The van der Waals surface area contributed by atoms with Crippen LogP contribution in [0.1, 0.15) is 35.7 Å². The topological polar surface area (TPSA) is 170 Å². The molecule has 10 nitrogen and oxygen atoms in total. The Morgan fingerprint density at radius 1 is 1.10 bits per heavy atom. The SMILES string of the molecule is CC(C)c1c([N+](=O)[O-])c(O)c(C(N)=O)c(O)c1[N+](=O)[O-]. The highest BCUT2D eigenvalue weighted by molar-refractivity contribution is 6.02. The zero-order chi connectivity index (χ0) is 15.8. The highest BCUT2D eigenvalue weighted by Crippen LogP contribution is 2.49. The van der Waals surface area contributed by atoms with Gasteiger partial charge in [-0.25, -0.2) is 0 Å². The summed E-state index contributed by atoms with van der Waals surface area (Å²) in [6.45, 7) is 2.80. The van der Waals surface area contributed by atoms with Gasteiger partial charge in [0.25, 0.3) is 5.91 Å². The molecule has 0 saturated carbocycles. The van der Waals surface area contributed by atoms with Crippen molar-refractivity contribution in [3.63, 3.8) is 0 Å². The summed E-state index contributed by atoms with van der Waals surface area (Å²) >= 11 is 0. The number of nitro benzene ring substituents is 2. The number of rotatable bonds is 4. The lowest BCUT2D eigenvalue weighted by Gasteiger charge is -2.12. The summed E-state index contributed by atoms with van der Waals surface area (Å²) in [6.07, 6.45) is 0. The molecular weight excluding hydrogens is 274 g/mol. The quantitative estimate of drug-likeness (QED) is 0.549. The Hall–Kier alpha value is -2.91. The van der Waals surface area contributed by atoms with Crippen LogP contribution in [0, 0.1) is 20.2 Å². The Balaban J connectivity index is 4.07. The van der Waals surface area contributed by atoms with Crippen molar-refractivity contribution >= 4 is 17.3 Å². The van der Waals surface area contributed by atoms with Gasteiger partial charge in [-0.2, -0.15) is 0 Å². The Kier molecular flexibility index (Phi) is 3.78. The van der Waals surface area contributed by atoms with Gasteiger partial charge < -0.3 is 15.9 Å². The third-order valence-corrected chi connectivity index (χ3v) is 2.62. The van der Waals surface area contributed by atoms with E-state index in [1.165, 1.54) is 13.8 Å². The number of primary amides is 1. The van der Waals surface area contributed by atoms with Crippen LogP contribution >= 0.6 is 0 Å². The van der Waals surface area contributed by atoms with E-state index in [2.05, 4.69) is 0 Å². The van der Waals surface area contributed by atoms with Crippen LogP contribution in [-0.2, 0) is 0 Å². The van der Waals surface area contributed by atoms with Crippen LogP contribution < -0.4 is 5.73 Å². The van der Waals surface area contributed by atoms with Crippen LogP contribution in [0.25, 0.3) is 0 Å². The van der Waals surface area contributed by atoms with Crippen molar-refractivity contribution in [1.82, 2.24) is 0 Å². The molecule has 4 N–H and O–H groups in total. The van der Waals surface area contributed by atoms with Crippen LogP contribution in [0.5, 0.6) is 11.5 Å². The van der Waals surface area contributed by atoms with E-state index in [4.69, 9.17) is 5.73 Å². The minimum absolute atomic E-state index is 0.486. The van der Waals surface area contributed by atoms with E-state index >= 15 is 0 Å². The summed E-state index contributed by atoms with van der Waals surface area (Å²) in [5, 5.41) is 41.4. The van der Waals surface area contributed by atoms with E-state index in [1.807, 2.05) is 0 Å². The number of nitrogens with zero attached hydrogens (tertiary/aromatic N) is 2. The second-order valence-electron chi connectivity index (χ2n) is 4.22. The lowest BCUT2D eigenvalue weighted by atomic mass is 9.94. The molecule has 0 aliphatic carbocycles. The van der Waals surface area contributed by atoms with Gasteiger partial charge in [-0.05, 0) is 5.92 Å². The van der Waals surface area contributed by atoms with Crippen molar-refractivity contribution in [2.75, 3.05) is 0 Å². The maximum Gasteiger partial charge on any atom is 0.322 e. The van der Waals surface area contributed by atoms with Gasteiger partial charge in [0.2, 0.25) is 11.5 Å². The lowest BCUT2D eigenvalue weighted by Crippen LogP contribution is -2.15. The summed E-state index contributed by atoms with van der Waals surface area (Å²) in [7, 11) is 0. The summed E-state index contributed by atoms with van der Waals surface area (Å²) in [5.41, 5.74) is 1.31. The molecule has 1 amide bonds. The van der Waals surface area contributed by atoms with Crippen molar-refractivity contribution in [3.05, 3.63) is 31.4 Å². The molecule has 0 spiro atoms. The fraction of sp³-hybridized carbons (Fsp3) is 0.300. The zero-order valence-electron chi connectivity index (χ0n) is 10.5. The normalized spacial score (nSPS) is 10.6. The van der Waals surface area contributed by atoms with Crippen molar-refractivity contribution in [2.24, 2.45) is 5.73 Å². The van der Waals surface area contributed by atoms with Crippen molar-refractivity contribution in [1.29, 1.82) is 0 Å². The molecule has 0 aliphatic rings. The number of hydrogen-bond acceptors (Lipinski definition) is 7. The van der Waals surface area contributed by atoms with Gasteiger partial charge in [-0.1, -0.05) is 13.8 Å². The molecule has 0 heterocycles. The number of nitro groups is 2. The minimum atomic E-state index is -1.42. The van der Waals surface area contributed by atoms with Crippen molar-refractivity contribution < 1.29 is 24.9 Å². The molecule has 1 aromatic rings. The predicted molar refractivity (Wildman–Crippen MR) is 65.7 cm³/mol. The predicted octanol–water partition coefficient (Wildman–Crippen LogP) is 1.14. The summed E-state index contributed by atoms with van der Waals surface area (Å²) in [6, 6.07) is 0. The van der Waals surface area contributed by atoms with Gasteiger partial charge in [0, 0.05) is 0 Å². The summed E-state index contributed by atoms with van der Waals surface area (Å²) < 4.78 is 0. The number of amides is 1. The molecule has 20 heavy (non-hydrogen) atoms. The van der Waals surface area contributed by atoms with E-state index in [1.54, 1.807) is 0 Å². The first-order valence-electron chi connectivity index (χ1n) is 5.31. The van der Waals surface area contributed by atoms with E-state index in [-0.39, 0.29) is 0 Å². The molecule has 108 valence electrons. The Morgan fingerprint density at radius 2 is 1.45 bits per heavy atom. The van der Waals surface area contributed by atoms with Gasteiger partial charge in [0.15, 0.2) is 0 Å². The average molecular weight is 285 g/mol. The van der Waals surface area contributed by atoms with Crippen LogP contribution in [0.15, 0.2) is 0 Å². The third kappa shape index (κ3) is 2.18. The number of carbonyl (C=O) groups is 1. The molecule has 0 saturated heterocycles. The molecular formula is C10H11N3O7. The van der Waals surface area contributed by atoms with E-state index in [9.17, 15) is 35.2 Å². The Morgan fingerprint density at radius 3 is 1.65 bits per heavy atom. The largest absolute Gasteiger partial charge is 0.501 e. The van der Waals surface area contributed by atoms with Crippen molar-refractivity contribution in [3.8, 4) is 11.5 Å². The highest BCUT2D eigenvalue weighted by atomic mass is 16.6. The van der Waals surface area contributed by atoms with E-state index < -0.39 is 55.7 Å². The van der Waals surface area contributed by atoms with Crippen LogP contribution in [-0.4, -0.2) is 26.0 Å². The highest BCUT2D eigenvalue weighted by Gasteiger charge is 2.39.